The Morgan fingerprint density at radius 2 is 2.12 bits per heavy atom. The van der Waals surface area contributed by atoms with Crippen LogP contribution in [0.2, 0.25) is 0 Å². The maximum Gasteiger partial charge on any atom is 0.0624 e. The van der Waals surface area contributed by atoms with Crippen LogP contribution in [0.4, 0.5) is 0 Å². The zero-order chi connectivity index (χ0) is 11.6. The lowest BCUT2D eigenvalue weighted by atomic mass is 10.1. The summed E-state index contributed by atoms with van der Waals surface area (Å²) in [6.07, 6.45) is 2.22. The summed E-state index contributed by atoms with van der Waals surface area (Å²) in [4.78, 5) is 1.44. The molecule has 88 valence electrons. The van der Waals surface area contributed by atoms with Crippen molar-refractivity contribution in [3.8, 4) is 0 Å². The monoisotopic (exact) mass is 236 g/mol. The maximum atomic E-state index is 5.97. The van der Waals surface area contributed by atoms with Gasteiger partial charge < -0.3 is 4.74 Å². The van der Waals surface area contributed by atoms with Crippen molar-refractivity contribution in [1.82, 2.24) is 0 Å². The van der Waals surface area contributed by atoms with Crippen molar-refractivity contribution in [3.63, 3.8) is 0 Å². The van der Waals surface area contributed by atoms with Crippen LogP contribution >= 0.6 is 11.8 Å². The molecular formula is C14H20OS. The fourth-order valence-corrected chi connectivity index (χ4v) is 2.99. The van der Waals surface area contributed by atoms with Gasteiger partial charge in [0.2, 0.25) is 0 Å². The largest absolute Gasteiger partial charge is 0.374 e. The summed E-state index contributed by atoms with van der Waals surface area (Å²) in [6.45, 7) is 7.37. The number of benzene rings is 1. The highest BCUT2D eigenvalue weighted by molar-refractivity contribution is 8.00. The number of hydrogen-bond donors (Lipinski definition) is 0. The number of ether oxygens (including phenoxy) is 1. The van der Waals surface area contributed by atoms with Crippen molar-refractivity contribution in [2.24, 2.45) is 0 Å². The van der Waals surface area contributed by atoms with E-state index in [-0.39, 0.29) is 5.60 Å². The van der Waals surface area contributed by atoms with Gasteiger partial charge in [0.25, 0.3) is 0 Å². The van der Waals surface area contributed by atoms with Crippen LogP contribution < -0.4 is 0 Å². The molecule has 1 aromatic carbocycles. The van der Waals surface area contributed by atoms with Gasteiger partial charge in [0.05, 0.1) is 12.2 Å². The molecule has 1 aliphatic heterocycles. The van der Waals surface area contributed by atoms with Crippen molar-refractivity contribution in [2.45, 2.75) is 49.4 Å². The second kappa shape index (κ2) is 4.80. The van der Waals surface area contributed by atoms with E-state index in [1.807, 2.05) is 11.8 Å². The van der Waals surface area contributed by atoms with Gasteiger partial charge in [0, 0.05) is 10.1 Å². The van der Waals surface area contributed by atoms with Gasteiger partial charge in [0.15, 0.2) is 0 Å². The number of rotatable bonds is 4. The van der Waals surface area contributed by atoms with Crippen LogP contribution in [0.1, 0.15) is 32.8 Å². The van der Waals surface area contributed by atoms with Gasteiger partial charge in [0.1, 0.15) is 0 Å². The first-order valence-corrected chi connectivity index (χ1v) is 6.87. The lowest BCUT2D eigenvalue weighted by molar-refractivity contribution is -0.0187. The van der Waals surface area contributed by atoms with E-state index in [4.69, 9.17) is 4.74 Å². The third kappa shape index (κ3) is 2.80. The number of hydrogen-bond acceptors (Lipinski definition) is 2. The van der Waals surface area contributed by atoms with Gasteiger partial charge in [-0.25, -0.2) is 0 Å². The Balaban J connectivity index is 1.88. The predicted molar refractivity (Wildman–Crippen MR) is 70.1 cm³/mol. The van der Waals surface area contributed by atoms with Crippen LogP contribution in [-0.2, 0) is 11.2 Å². The van der Waals surface area contributed by atoms with Crippen LogP contribution in [0, 0.1) is 0 Å². The summed E-state index contributed by atoms with van der Waals surface area (Å²) in [6, 6.07) is 8.68. The van der Waals surface area contributed by atoms with Crippen LogP contribution in [-0.4, -0.2) is 17.5 Å². The molecule has 0 bridgehead atoms. The highest BCUT2D eigenvalue weighted by atomic mass is 32.2. The van der Waals surface area contributed by atoms with Gasteiger partial charge in [-0.3, -0.25) is 0 Å². The molecule has 0 saturated heterocycles. The zero-order valence-electron chi connectivity index (χ0n) is 10.3. The number of fused-ring (bicyclic) bond motifs is 1. The van der Waals surface area contributed by atoms with Crippen molar-refractivity contribution >= 4 is 11.8 Å². The van der Waals surface area contributed by atoms with E-state index in [9.17, 15) is 0 Å². The highest BCUT2D eigenvalue weighted by Gasteiger charge is 2.24. The smallest absolute Gasteiger partial charge is 0.0624 e. The predicted octanol–water partition coefficient (Wildman–Crippen LogP) is 3.91. The Hall–Kier alpha value is -0.470. The lowest BCUT2D eigenvalue weighted by Gasteiger charge is -2.25. The van der Waals surface area contributed by atoms with Crippen molar-refractivity contribution in [1.29, 1.82) is 0 Å². The van der Waals surface area contributed by atoms with E-state index in [0.29, 0.717) is 5.25 Å². The van der Waals surface area contributed by atoms with Gasteiger partial charge in [-0.2, -0.15) is 0 Å². The van der Waals surface area contributed by atoms with E-state index >= 15 is 0 Å². The van der Waals surface area contributed by atoms with E-state index in [2.05, 4.69) is 45.0 Å². The lowest BCUT2D eigenvalue weighted by Crippen LogP contribution is -2.27. The molecule has 0 aromatic heterocycles. The van der Waals surface area contributed by atoms with Crippen molar-refractivity contribution in [3.05, 3.63) is 29.8 Å². The van der Waals surface area contributed by atoms with E-state index < -0.39 is 0 Å². The van der Waals surface area contributed by atoms with Crippen molar-refractivity contribution < 1.29 is 4.74 Å². The summed E-state index contributed by atoms with van der Waals surface area (Å²) < 4.78 is 5.97. The Morgan fingerprint density at radius 3 is 2.81 bits per heavy atom. The van der Waals surface area contributed by atoms with E-state index in [0.717, 1.165) is 19.4 Å². The molecule has 1 nitrogen and oxygen atoms in total. The van der Waals surface area contributed by atoms with Gasteiger partial charge >= 0.3 is 0 Å². The quantitative estimate of drug-likeness (QED) is 0.784. The molecule has 1 atom stereocenters. The molecule has 16 heavy (non-hydrogen) atoms. The molecule has 0 amide bonds. The molecule has 1 aromatic rings. The molecule has 1 heterocycles. The highest BCUT2D eigenvalue weighted by Crippen LogP contribution is 2.37. The molecule has 0 radical (unpaired) electrons. The zero-order valence-corrected chi connectivity index (χ0v) is 11.1. The Kier molecular flexibility index (Phi) is 3.60. The second-order valence-electron chi connectivity index (χ2n) is 4.98. The number of thioether (sulfide) groups is 1. The maximum absolute atomic E-state index is 5.97. The normalized spacial score (nSPS) is 19.8. The van der Waals surface area contributed by atoms with Gasteiger partial charge in [-0.05, 0) is 38.3 Å². The summed E-state index contributed by atoms with van der Waals surface area (Å²) in [5.41, 5.74) is 1.51. The third-order valence-electron chi connectivity index (χ3n) is 3.23. The SMILES string of the molecule is CCC(C)(C)OCC1Cc2ccccc2S1. The van der Waals surface area contributed by atoms with Gasteiger partial charge in [-0.1, -0.05) is 25.1 Å². The molecule has 1 unspecified atom stereocenters. The molecule has 0 N–H and O–H groups in total. The van der Waals surface area contributed by atoms with Crippen molar-refractivity contribution in [2.75, 3.05) is 6.61 Å². The minimum atomic E-state index is 0.0231. The molecular weight excluding hydrogens is 216 g/mol. The average Bonchev–Trinajstić information content (AvgIpc) is 2.69. The molecule has 0 saturated carbocycles. The van der Waals surface area contributed by atoms with Gasteiger partial charge in [-0.15, -0.1) is 11.8 Å². The fraction of sp³-hybridized carbons (Fsp3) is 0.571. The van der Waals surface area contributed by atoms with Crippen LogP contribution in [0.15, 0.2) is 29.2 Å². The van der Waals surface area contributed by atoms with E-state index in [1.54, 1.807) is 0 Å². The second-order valence-corrected chi connectivity index (χ2v) is 6.32. The summed E-state index contributed by atoms with van der Waals surface area (Å²) >= 11 is 1.96. The van der Waals surface area contributed by atoms with Crippen LogP contribution in [0.5, 0.6) is 0 Å². The van der Waals surface area contributed by atoms with Crippen LogP contribution in [0.3, 0.4) is 0 Å². The van der Waals surface area contributed by atoms with E-state index in [1.165, 1.54) is 10.5 Å². The fourth-order valence-electron chi connectivity index (χ4n) is 1.77. The molecule has 2 rings (SSSR count). The molecule has 0 spiro atoms. The standard InChI is InChI=1S/C14H20OS/c1-4-14(2,3)15-10-12-9-11-7-5-6-8-13(11)16-12/h5-8,12H,4,9-10H2,1-3H3. The molecule has 1 aliphatic rings. The molecule has 2 heteroatoms. The Labute approximate surface area is 103 Å². The Morgan fingerprint density at radius 1 is 1.38 bits per heavy atom. The average molecular weight is 236 g/mol. The third-order valence-corrected chi connectivity index (χ3v) is 4.51. The minimum Gasteiger partial charge on any atom is -0.374 e. The first-order valence-electron chi connectivity index (χ1n) is 5.99. The molecule has 0 aliphatic carbocycles. The molecule has 0 fully saturated rings. The van der Waals surface area contributed by atoms with Crippen LogP contribution in [0.25, 0.3) is 0 Å². The first kappa shape index (κ1) is 12.0. The minimum absolute atomic E-state index is 0.0231. The topological polar surface area (TPSA) is 9.23 Å². The Bertz CT molecular complexity index is 335. The summed E-state index contributed by atoms with van der Waals surface area (Å²) in [5.74, 6) is 0. The first-order chi connectivity index (χ1) is 7.61. The summed E-state index contributed by atoms with van der Waals surface area (Å²) in [5, 5.41) is 0.600. The summed E-state index contributed by atoms with van der Waals surface area (Å²) in [7, 11) is 0.